The minimum absolute atomic E-state index is 0.00429. The highest BCUT2D eigenvalue weighted by atomic mass is 16.5. The summed E-state index contributed by atoms with van der Waals surface area (Å²) in [6.45, 7) is 11.8. The molecular formula is C19H24N4O3. The van der Waals surface area contributed by atoms with Crippen LogP contribution in [0.25, 0.3) is 5.70 Å². The molecule has 3 rings (SSSR count). The Hall–Kier alpha value is -2.67. The summed E-state index contributed by atoms with van der Waals surface area (Å²) in [4.78, 5) is 23.0. The number of nitrogens with one attached hydrogen (secondary N) is 1. The second-order valence-electron chi connectivity index (χ2n) is 6.10. The van der Waals surface area contributed by atoms with Gasteiger partial charge in [-0.25, -0.2) is 9.98 Å². The van der Waals surface area contributed by atoms with Crippen LogP contribution in [0.5, 0.6) is 0 Å². The summed E-state index contributed by atoms with van der Waals surface area (Å²) < 4.78 is 10.7. The average molecular weight is 356 g/mol. The number of carbonyl (C=O) groups is 1. The molecule has 0 aromatic carbocycles. The van der Waals surface area contributed by atoms with Gasteiger partial charge in [0.2, 0.25) is 5.88 Å². The Morgan fingerprint density at radius 3 is 2.69 bits per heavy atom. The van der Waals surface area contributed by atoms with Gasteiger partial charge in [-0.1, -0.05) is 18.7 Å². The summed E-state index contributed by atoms with van der Waals surface area (Å²) in [5.74, 6) is -0.0928. The van der Waals surface area contributed by atoms with E-state index in [1.54, 1.807) is 13.1 Å². The van der Waals surface area contributed by atoms with Crippen molar-refractivity contribution < 1.29 is 13.9 Å². The Morgan fingerprint density at radius 1 is 1.35 bits per heavy atom. The van der Waals surface area contributed by atoms with Crippen molar-refractivity contribution in [3.63, 3.8) is 0 Å². The molecule has 2 saturated heterocycles. The van der Waals surface area contributed by atoms with Gasteiger partial charge in [0.05, 0.1) is 25.0 Å². The zero-order valence-corrected chi connectivity index (χ0v) is 15.4. The number of oxazole rings is 1. The van der Waals surface area contributed by atoms with Crippen LogP contribution in [0.3, 0.4) is 0 Å². The molecule has 0 atom stereocenters. The van der Waals surface area contributed by atoms with Crippen LogP contribution in [0.2, 0.25) is 0 Å². The molecule has 7 nitrogen and oxygen atoms in total. The number of aromatic nitrogens is 1. The highest BCUT2D eigenvalue weighted by molar-refractivity contribution is 5.91. The highest BCUT2D eigenvalue weighted by Gasteiger charge is 2.30. The van der Waals surface area contributed by atoms with Gasteiger partial charge in [0.1, 0.15) is 0 Å². The van der Waals surface area contributed by atoms with Crippen LogP contribution in [0.4, 0.5) is 5.88 Å². The van der Waals surface area contributed by atoms with Crippen molar-refractivity contribution >= 4 is 23.7 Å². The van der Waals surface area contributed by atoms with Crippen molar-refractivity contribution in [2.45, 2.75) is 33.2 Å². The van der Waals surface area contributed by atoms with Gasteiger partial charge in [0.15, 0.2) is 5.69 Å². The van der Waals surface area contributed by atoms with E-state index in [1.165, 1.54) is 5.57 Å². The van der Waals surface area contributed by atoms with Crippen LogP contribution in [-0.2, 0) is 4.74 Å². The van der Waals surface area contributed by atoms with Crippen molar-refractivity contribution in [1.82, 2.24) is 15.2 Å². The van der Waals surface area contributed by atoms with Crippen molar-refractivity contribution in [1.29, 1.82) is 0 Å². The quantitative estimate of drug-likeness (QED) is 0.820. The smallest absolute Gasteiger partial charge is 0.307 e. The standard InChI is InChI=1S/C19H24N4O3/c1-5-13-8-9-23(15(13)6-2)12(4)16-18(20-7-3)26-19(22-16)17(24)21-14-10-25-11-14/h5-7,14H,4,8-11H2,1-3H3,(H,21,24)/b13-5-,15-6+,20-7-. The summed E-state index contributed by atoms with van der Waals surface area (Å²) in [5.41, 5.74) is 3.52. The van der Waals surface area contributed by atoms with E-state index < -0.39 is 0 Å². The van der Waals surface area contributed by atoms with Crippen LogP contribution in [-0.4, -0.2) is 47.8 Å². The minimum Gasteiger partial charge on any atom is -0.413 e. The van der Waals surface area contributed by atoms with Gasteiger partial charge in [-0.3, -0.25) is 4.79 Å². The van der Waals surface area contributed by atoms with Crippen LogP contribution in [0.15, 0.2) is 39.4 Å². The van der Waals surface area contributed by atoms with Crippen LogP contribution in [0, 0.1) is 0 Å². The van der Waals surface area contributed by atoms with Gasteiger partial charge in [0, 0.05) is 18.5 Å². The molecular weight excluding hydrogens is 332 g/mol. The number of hydrogen-bond acceptors (Lipinski definition) is 6. The number of likely N-dealkylation sites (tertiary alicyclic amines) is 1. The zero-order valence-electron chi connectivity index (χ0n) is 15.4. The molecule has 0 saturated carbocycles. The maximum absolute atomic E-state index is 12.3. The van der Waals surface area contributed by atoms with Gasteiger partial charge < -0.3 is 19.4 Å². The Labute approximate surface area is 153 Å². The molecule has 0 aliphatic carbocycles. The monoisotopic (exact) mass is 356 g/mol. The number of carbonyl (C=O) groups excluding carboxylic acids is 1. The van der Waals surface area contributed by atoms with E-state index in [9.17, 15) is 4.79 Å². The number of aliphatic imine (C=N–C) groups is 1. The number of amides is 1. The van der Waals surface area contributed by atoms with E-state index in [2.05, 4.69) is 38.9 Å². The predicted octanol–water partition coefficient (Wildman–Crippen LogP) is 3.05. The molecule has 1 aromatic heterocycles. The fourth-order valence-electron chi connectivity index (χ4n) is 3.06. The number of nitrogens with zero attached hydrogens (tertiary/aromatic N) is 3. The predicted molar refractivity (Wildman–Crippen MR) is 100 cm³/mol. The molecule has 0 spiro atoms. The number of allylic oxidation sites excluding steroid dienone is 3. The van der Waals surface area contributed by atoms with Crippen molar-refractivity contribution in [2.75, 3.05) is 19.8 Å². The van der Waals surface area contributed by atoms with Gasteiger partial charge >= 0.3 is 5.91 Å². The lowest BCUT2D eigenvalue weighted by molar-refractivity contribution is -0.00400. The van der Waals surface area contributed by atoms with Gasteiger partial charge in [0.25, 0.3) is 5.89 Å². The summed E-state index contributed by atoms with van der Waals surface area (Å²) >= 11 is 0. The third-order valence-corrected chi connectivity index (χ3v) is 4.47. The highest BCUT2D eigenvalue weighted by Crippen LogP contribution is 2.37. The minimum atomic E-state index is -0.369. The summed E-state index contributed by atoms with van der Waals surface area (Å²) in [5, 5.41) is 2.82. The lowest BCUT2D eigenvalue weighted by Crippen LogP contribution is -2.48. The molecule has 2 fully saturated rings. The second-order valence-corrected chi connectivity index (χ2v) is 6.10. The van der Waals surface area contributed by atoms with Crippen molar-refractivity contribution in [2.24, 2.45) is 4.99 Å². The third kappa shape index (κ3) is 3.35. The molecule has 0 radical (unpaired) electrons. The average Bonchev–Trinajstić information content (AvgIpc) is 3.21. The molecule has 3 heterocycles. The van der Waals surface area contributed by atoms with E-state index in [0.717, 1.165) is 18.7 Å². The second kappa shape index (κ2) is 7.70. The zero-order chi connectivity index (χ0) is 18.7. The summed E-state index contributed by atoms with van der Waals surface area (Å²) in [7, 11) is 0. The number of rotatable bonds is 5. The lowest BCUT2D eigenvalue weighted by Gasteiger charge is -2.25. The number of hydrogen-bond donors (Lipinski definition) is 1. The van der Waals surface area contributed by atoms with E-state index in [4.69, 9.17) is 9.15 Å². The molecule has 1 amide bonds. The Balaban J connectivity index is 1.88. The first-order valence-electron chi connectivity index (χ1n) is 8.75. The molecule has 1 aromatic rings. The molecule has 0 unspecified atom stereocenters. The SMILES string of the molecule is C=C(c1nc(C(=O)NC2COC2)oc1/N=C\C)N1CCC(=C/C)/C1=C\C. The van der Waals surface area contributed by atoms with Crippen molar-refractivity contribution in [3.8, 4) is 0 Å². The fraction of sp³-hybridized carbons (Fsp3) is 0.421. The molecule has 1 N–H and O–H groups in total. The first-order valence-corrected chi connectivity index (χ1v) is 8.75. The maximum atomic E-state index is 12.3. The molecule has 7 heteroatoms. The molecule has 0 bridgehead atoms. The van der Waals surface area contributed by atoms with Gasteiger partial charge in [-0.2, -0.15) is 0 Å². The topological polar surface area (TPSA) is 80.0 Å². The van der Waals surface area contributed by atoms with E-state index >= 15 is 0 Å². The van der Waals surface area contributed by atoms with Crippen LogP contribution < -0.4 is 5.32 Å². The molecule has 138 valence electrons. The fourth-order valence-corrected chi connectivity index (χ4v) is 3.06. The van der Waals surface area contributed by atoms with E-state index in [0.29, 0.717) is 24.6 Å². The molecule has 26 heavy (non-hydrogen) atoms. The Bertz CT molecular complexity index is 800. The van der Waals surface area contributed by atoms with Gasteiger partial charge in [-0.15, -0.1) is 0 Å². The Morgan fingerprint density at radius 2 is 2.12 bits per heavy atom. The molecule has 2 aliphatic rings. The third-order valence-electron chi connectivity index (χ3n) is 4.47. The first kappa shape index (κ1) is 18.1. The van der Waals surface area contributed by atoms with E-state index in [1.807, 2.05) is 13.8 Å². The van der Waals surface area contributed by atoms with E-state index in [-0.39, 0.29) is 23.7 Å². The lowest BCUT2D eigenvalue weighted by atomic mass is 10.1. The Kier molecular flexibility index (Phi) is 5.37. The molecule has 2 aliphatic heterocycles. The number of ether oxygens (including phenoxy) is 1. The summed E-state index contributed by atoms with van der Waals surface area (Å²) in [6, 6.07) is 0.00429. The maximum Gasteiger partial charge on any atom is 0.307 e. The van der Waals surface area contributed by atoms with Crippen LogP contribution >= 0.6 is 0 Å². The summed E-state index contributed by atoms with van der Waals surface area (Å²) in [6.07, 6.45) is 6.71. The normalized spacial score (nSPS) is 21.0. The first-order chi connectivity index (χ1) is 12.6. The largest absolute Gasteiger partial charge is 0.413 e. The van der Waals surface area contributed by atoms with Crippen LogP contribution in [0.1, 0.15) is 43.6 Å². The van der Waals surface area contributed by atoms with Gasteiger partial charge in [-0.05, 0) is 32.8 Å². The van der Waals surface area contributed by atoms with Crippen molar-refractivity contribution in [3.05, 3.63) is 41.6 Å².